The van der Waals surface area contributed by atoms with Crippen molar-refractivity contribution in [2.75, 3.05) is 91.6 Å². The number of piperidine rings is 4. The van der Waals surface area contributed by atoms with Crippen LogP contribution in [-0.4, -0.2) is 197 Å². The van der Waals surface area contributed by atoms with Crippen LogP contribution in [0.1, 0.15) is 292 Å². The van der Waals surface area contributed by atoms with Gasteiger partial charge in [0.2, 0.25) is 0 Å². The van der Waals surface area contributed by atoms with E-state index in [-0.39, 0.29) is 72.3 Å². The van der Waals surface area contributed by atoms with E-state index < -0.39 is 40.3 Å². The summed E-state index contributed by atoms with van der Waals surface area (Å²) in [6.07, 6.45) is 6.36. The van der Waals surface area contributed by atoms with Gasteiger partial charge in [-0.1, -0.05) is 162 Å². The molecule has 0 saturated carbocycles. The number of nitrogens with zero attached hydrogens (tertiary/aromatic N) is 5. The molecule has 0 spiro atoms. The van der Waals surface area contributed by atoms with E-state index in [1.807, 2.05) is 247 Å². The summed E-state index contributed by atoms with van der Waals surface area (Å²) in [4.78, 5) is 117. The molecular weight excluding hydrogens is 1780 g/mol. The van der Waals surface area contributed by atoms with Crippen molar-refractivity contribution in [3.05, 3.63) is 258 Å². The Bertz CT molecular complexity index is 4720. The molecule has 4 fully saturated rings. The summed E-state index contributed by atoms with van der Waals surface area (Å²) in [6, 6.07) is 55.6. The first-order valence-electron chi connectivity index (χ1n) is 47.2. The molecule has 0 aliphatic carbocycles. The third-order valence-corrected chi connectivity index (χ3v) is 23.3. The van der Waals surface area contributed by atoms with E-state index in [1.54, 1.807) is 56.2 Å². The number of halogens is 1. The van der Waals surface area contributed by atoms with E-state index in [0.717, 1.165) is 133 Å². The van der Waals surface area contributed by atoms with Crippen LogP contribution < -0.4 is 29.5 Å². The molecule has 7 aromatic rings. The topological polar surface area (TPSA) is 260 Å². The number of unbranched alkanes of at least 4 members (excludes halogenated alkanes) is 1. The zero-order valence-electron chi connectivity index (χ0n) is 84.4. The second-order valence-electron chi connectivity index (χ2n) is 37.7. The number of carbonyl (C=O) groups is 9. The molecule has 4 aliphatic rings. The van der Waals surface area contributed by atoms with E-state index in [2.05, 4.69) is 95.1 Å². The van der Waals surface area contributed by atoms with Crippen LogP contribution in [0.15, 0.2) is 175 Å². The van der Waals surface area contributed by atoms with Crippen LogP contribution in [0.5, 0.6) is 0 Å². The van der Waals surface area contributed by atoms with Gasteiger partial charge in [-0.3, -0.25) is 24.0 Å². The van der Waals surface area contributed by atoms with Crippen molar-refractivity contribution in [3.63, 3.8) is 0 Å². The molecule has 11 rings (SSSR count). The van der Waals surface area contributed by atoms with Gasteiger partial charge < -0.3 is 70.8 Å². The summed E-state index contributed by atoms with van der Waals surface area (Å²) >= 11 is 2.23. The molecule has 4 heterocycles. The van der Waals surface area contributed by atoms with Gasteiger partial charge in [0, 0.05) is 109 Å². The van der Waals surface area contributed by atoms with Crippen molar-refractivity contribution in [1.82, 2.24) is 35.1 Å². The monoisotopic (exact) mass is 1930 g/mol. The fourth-order valence-corrected chi connectivity index (χ4v) is 15.5. The van der Waals surface area contributed by atoms with Crippen molar-refractivity contribution in [3.8, 4) is 0 Å². The molecule has 1 unspecified atom stereocenters. The van der Waals surface area contributed by atoms with Gasteiger partial charge in [0.05, 0.1) is 0 Å². The zero-order chi connectivity index (χ0) is 98.3. The first-order valence-corrected chi connectivity index (χ1v) is 48.3. The number of aryl methyl sites for hydroxylation is 4. The van der Waals surface area contributed by atoms with Crippen LogP contribution in [0.3, 0.4) is 0 Å². The van der Waals surface area contributed by atoms with E-state index in [4.69, 9.17) is 18.9 Å². The maximum absolute atomic E-state index is 12.8. The molecule has 24 heteroatoms. The number of ketones is 2. The second kappa shape index (κ2) is 56.8. The van der Waals surface area contributed by atoms with E-state index >= 15 is 0 Å². The van der Waals surface area contributed by atoms with Gasteiger partial charge in [-0.05, 0) is 335 Å². The molecule has 4 aliphatic heterocycles. The van der Waals surface area contributed by atoms with Crippen molar-refractivity contribution in [2.24, 2.45) is 17.8 Å². The van der Waals surface area contributed by atoms with Gasteiger partial charge in [0.25, 0.3) is 17.7 Å². The van der Waals surface area contributed by atoms with Crippen molar-refractivity contribution < 1.29 is 90.8 Å². The van der Waals surface area contributed by atoms with Crippen LogP contribution in [0.25, 0.3) is 5.57 Å². The first kappa shape index (κ1) is 116. The zero-order valence-corrected chi connectivity index (χ0v) is 86.5. The molecule has 133 heavy (non-hydrogen) atoms. The molecule has 7 aromatic carbocycles. The summed E-state index contributed by atoms with van der Waals surface area (Å²) in [5, 5.41) is 19.0. The average Bonchev–Trinajstić information content (AvgIpc) is 0.759. The van der Waals surface area contributed by atoms with Crippen LogP contribution >= 0.6 is 22.6 Å². The number of carbonyl (C=O) groups excluding carboxylic acids is 9. The van der Waals surface area contributed by atoms with E-state index in [0.29, 0.717) is 76.3 Å². The number of hydrogen-bond acceptors (Lipinski definition) is 17. The van der Waals surface area contributed by atoms with Gasteiger partial charge in [-0.25, -0.2) is 19.2 Å². The molecule has 22 nitrogen and oxygen atoms in total. The minimum absolute atomic E-state index is 0. The Hall–Kier alpha value is -9.48. The van der Waals surface area contributed by atoms with Gasteiger partial charge in [-0.2, -0.15) is 6.42 Å². The number of nitrogens with one attached hydrogen (secondary N) is 2. The predicted molar refractivity (Wildman–Crippen MR) is 539 cm³/mol. The Morgan fingerprint density at radius 3 is 0.962 bits per heavy atom. The number of aliphatic hydroxyl groups is 1. The molecular formula is C109H153ILiN7O15. The van der Waals surface area contributed by atoms with Gasteiger partial charge in [-0.15, -0.1) is 0 Å². The SMILES string of the molecule is CC(C)(C)OC(=O)OC(=O)OC(C)(C)C.CCN(CC)C(=O)c1ccc(C(=C2CCNCC2)c2ccc(C)cc2)cc1.CCN(CC)C(=O)c1ccc(C(O)(c2ccc(C)cc2)C2CCN(C(=O)OC(C)(C)C)CC2)cc1.CCN(CC)C(=O)c1ccc(I)cc1.Cc1ccc(C(=O)C2CCN(C(=O)OC(C)(C)C)CC2)cc1.Cc1ccc(C(=O)C2CCNCC2)cc1.[CH2-]CCC.[Li+]. The normalized spacial score (nSPS) is 14.5. The third kappa shape index (κ3) is 39.8. The summed E-state index contributed by atoms with van der Waals surface area (Å²) in [6.45, 7) is 57.6. The van der Waals surface area contributed by atoms with Gasteiger partial charge in [0.1, 0.15) is 28.0 Å². The maximum Gasteiger partial charge on any atom is 1.00 e. The standard InChI is InChI=1S/C29H40N2O4.C24H30N2O.C18H25NO3.C13H17NO.C11H14INO.C10H18O5.C4H9.Li/c1-7-30(8-2)26(32)22-11-15-24(16-12-22)29(34,23-13-9-21(3)10-14-23)25-17-19-31(20-18-25)27(33)35-28(4,5)6;1-4-26(5-2)24(27)22-12-10-20(11-13-22)23(21-14-16-25-17-15-21)19-8-6-18(3)7-9-19;1-13-5-7-14(8-6-13)16(20)15-9-11-19(12-10-15)17(21)22-18(2,3)4;1-10-2-4-11(5-3-10)13(15)12-6-8-14-9-7-12;1-3-13(4-2)11(14)9-5-7-10(12)8-6-9;1-9(2,3)14-7(11)13-8(12)15-10(4,5)6;1-3-4-2;/h9-16,25,34H,7-8,17-20H2,1-6H3;6-13,25H,4-5,14-17H2,1-3H3;5-8,15H,9-12H2,1-4H3;2-5,12,14H,6-9H2,1H3;5-8H,3-4H2,1-2H3;1-6H3;1,3-4H2,2H3;/q;;;;;;-1;+1. The van der Waals surface area contributed by atoms with Crippen LogP contribution in [-0.2, 0) is 29.3 Å². The summed E-state index contributed by atoms with van der Waals surface area (Å²) in [5.41, 5.74) is 11.8. The first-order chi connectivity index (χ1) is 62.2. The number of rotatable bonds is 19. The summed E-state index contributed by atoms with van der Waals surface area (Å²) in [7, 11) is 0. The fraction of sp³-hybridized carbons (Fsp3) is 0.505. The van der Waals surface area contributed by atoms with Gasteiger partial charge >= 0.3 is 43.4 Å². The third-order valence-electron chi connectivity index (χ3n) is 22.6. The molecule has 0 bridgehead atoms. The minimum Gasteiger partial charge on any atom is -0.444 e. The molecule has 0 aromatic heterocycles. The Kier molecular flexibility index (Phi) is 49.4. The summed E-state index contributed by atoms with van der Waals surface area (Å²) < 4.78 is 25.9. The minimum atomic E-state index is -1.23. The quantitative estimate of drug-likeness (QED) is 0.0129. The molecule has 5 amide bonds. The van der Waals surface area contributed by atoms with Crippen LogP contribution in [0, 0.1) is 55.9 Å². The number of benzene rings is 7. The Morgan fingerprint density at radius 1 is 0.383 bits per heavy atom. The molecule has 3 N–H and O–H groups in total. The maximum atomic E-state index is 12.8. The Morgan fingerprint density at radius 2 is 0.647 bits per heavy atom. The Labute approximate surface area is 821 Å². The molecule has 1 atom stereocenters. The van der Waals surface area contributed by atoms with Gasteiger partial charge in [0.15, 0.2) is 11.6 Å². The Balaban J connectivity index is 0.000000341. The summed E-state index contributed by atoms with van der Waals surface area (Å²) in [5.74, 6) is 0.861. The van der Waals surface area contributed by atoms with Crippen LogP contribution in [0.2, 0.25) is 0 Å². The fourth-order valence-electron chi connectivity index (χ4n) is 15.1. The van der Waals surface area contributed by atoms with Crippen molar-refractivity contribution >= 4 is 81.9 Å². The average molecular weight is 1940 g/mol. The van der Waals surface area contributed by atoms with Crippen molar-refractivity contribution in [1.29, 1.82) is 0 Å². The largest absolute Gasteiger partial charge is 1.00 e. The number of Topliss-reactive ketones (excluding diaryl/α,β-unsaturated/α-hetero) is 2. The van der Waals surface area contributed by atoms with E-state index in [9.17, 15) is 48.3 Å². The number of hydrogen-bond donors (Lipinski definition) is 3. The molecule has 0 radical (unpaired) electrons. The van der Waals surface area contributed by atoms with E-state index in [1.165, 1.54) is 39.8 Å². The smallest absolute Gasteiger partial charge is 0.444 e. The number of ether oxygens (including phenoxy) is 5. The predicted octanol–water partition coefficient (Wildman–Crippen LogP) is 20.3. The molecule has 722 valence electrons. The number of likely N-dealkylation sites (tertiary alicyclic amines) is 2. The van der Waals surface area contributed by atoms with Crippen LogP contribution in [0.4, 0.5) is 19.2 Å². The van der Waals surface area contributed by atoms with Crippen molar-refractivity contribution in [2.45, 2.75) is 251 Å². The number of amides is 5. The second-order valence-corrected chi connectivity index (χ2v) is 38.9. The molecule has 4 saturated heterocycles.